The standard InChI is InChI=1S/C18H24N4OS2/c1-14-20-17(13-25-14)15-4-2-5-16(12-15)21-18(24)19-6-3-7-22-8-10-23-11-9-22/h2,4-5,12-13H,3,6-11H2,1H3,(H2,19,21,24). The van der Waals surface area contributed by atoms with Crippen molar-refractivity contribution in [1.29, 1.82) is 0 Å². The van der Waals surface area contributed by atoms with Gasteiger partial charge in [0.05, 0.1) is 23.9 Å². The quantitative estimate of drug-likeness (QED) is 0.597. The number of thiocarbonyl (C=S) groups is 1. The highest BCUT2D eigenvalue weighted by atomic mass is 32.1. The molecule has 5 nitrogen and oxygen atoms in total. The predicted molar refractivity (Wildman–Crippen MR) is 108 cm³/mol. The van der Waals surface area contributed by atoms with Crippen LogP contribution in [0.15, 0.2) is 29.6 Å². The fourth-order valence-corrected chi connectivity index (χ4v) is 3.60. The Hall–Kier alpha value is -1.54. The molecule has 0 aliphatic carbocycles. The van der Waals surface area contributed by atoms with Crippen LogP contribution in [0.25, 0.3) is 11.3 Å². The van der Waals surface area contributed by atoms with Gasteiger partial charge in [-0.2, -0.15) is 0 Å². The van der Waals surface area contributed by atoms with E-state index in [1.165, 1.54) is 0 Å². The van der Waals surface area contributed by atoms with Crippen molar-refractivity contribution in [3.05, 3.63) is 34.7 Å². The zero-order valence-corrected chi connectivity index (χ0v) is 16.1. The minimum absolute atomic E-state index is 0.661. The molecule has 0 unspecified atom stereocenters. The first kappa shape index (κ1) is 18.3. The van der Waals surface area contributed by atoms with Gasteiger partial charge < -0.3 is 15.4 Å². The summed E-state index contributed by atoms with van der Waals surface area (Å²) in [5.41, 5.74) is 3.09. The van der Waals surface area contributed by atoms with Gasteiger partial charge in [0.1, 0.15) is 0 Å². The van der Waals surface area contributed by atoms with Crippen LogP contribution in [0, 0.1) is 6.92 Å². The first-order chi connectivity index (χ1) is 12.2. The summed E-state index contributed by atoms with van der Waals surface area (Å²) in [5.74, 6) is 0. The molecular formula is C18H24N4OS2. The molecule has 0 saturated carbocycles. The molecule has 2 aromatic rings. The summed E-state index contributed by atoms with van der Waals surface area (Å²) in [5, 5.41) is 10.4. The van der Waals surface area contributed by atoms with Crippen molar-refractivity contribution < 1.29 is 4.74 Å². The SMILES string of the molecule is Cc1nc(-c2cccc(NC(=S)NCCCN3CCOCC3)c2)cs1. The van der Waals surface area contributed by atoms with E-state index in [1.807, 2.05) is 19.1 Å². The normalized spacial score (nSPS) is 15.1. The predicted octanol–water partition coefficient (Wildman–Crippen LogP) is 3.13. The van der Waals surface area contributed by atoms with E-state index in [4.69, 9.17) is 17.0 Å². The largest absolute Gasteiger partial charge is 0.379 e. The van der Waals surface area contributed by atoms with Crippen LogP contribution in [-0.4, -0.2) is 54.4 Å². The van der Waals surface area contributed by atoms with Crippen LogP contribution in [0.1, 0.15) is 11.4 Å². The number of benzene rings is 1. The first-order valence-corrected chi connectivity index (χ1v) is 9.87. The lowest BCUT2D eigenvalue weighted by Crippen LogP contribution is -2.38. The summed E-state index contributed by atoms with van der Waals surface area (Å²) < 4.78 is 5.36. The Labute approximate surface area is 158 Å². The van der Waals surface area contributed by atoms with Crippen LogP contribution in [0.5, 0.6) is 0 Å². The summed E-state index contributed by atoms with van der Waals surface area (Å²) in [6.45, 7) is 7.74. The van der Waals surface area contributed by atoms with Gasteiger partial charge in [-0.05, 0) is 44.2 Å². The van der Waals surface area contributed by atoms with Gasteiger partial charge in [-0.3, -0.25) is 4.90 Å². The molecule has 1 fully saturated rings. The maximum Gasteiger partial charge on any atom is 0.170 e. The molecule has 1 aliphatic rings. The van der Waals surface area contributed by atoms with E-state index in [0.717, 1.165) is 67.8 Å². The summed E-state index contributed by atoms with van der Waals surface area (Å²) >= 11 is 7.06. The second-order valence-corrected chi connectivity index (χ2v) is 7.49. The summed E-state index contributed by atoms with van der Waals surface area (Å²) in [6.07, 6.45) is 1.07. The Morgan fingerprint density at radius 1 is 1.36 bits per heavy atom. The van der Waals surface area contributed by atoms with Crippen molar-refractivity contribution in [1.82, 2.24) is 15.2 Å². The van der Waals surface area contributed by atoms with Gasteiger partial charge in [0, 0.05) is 36.3 Å². The molecule has 0 bridgehead atoms. The molecule has 1 saturated heterocycles. The number of rotatable bonds is 6. The lowest BCUT2D eigenvalue weighted by Gasteiger charge is -2.26. The van der Waals surface area contributed by atoms with E-state index >= 15 is 0 Å². The molecule has 0 spiro atoms. The van der Waals surface area contributed by atoms with E-state index in [-0.39, 0.29) is 0 Å². The van der Waals surface area contributed by atoms with E-state index in [0.29, 0.717) is 5.11 Å². The molecule has 25 heavy (non-hydrogen) atoms. The topological polar surface area (TPSA) is 49.4 Å². The van der Waals surface area contributed by atoms with E-state index in [1.54, 1.807) is 11.3 Å². The smallest absolute Gasteiger partial charge is 0.170 e. The second kappa shape index (κ2) is 9.24. The summed E-state index contributed by atoms with van der Waals surface area (Å²) in [6, 6.07) is 8.19. The summed E-state index contributed by atoms with van der Waals surface area (Å²) in [4.78, 5) is 6.97. The number of nitrogens with zero attached hydrogens (tertiary/aromatic N) is 2. The van der Waals surface area contributed by atoms with Gasteiger partial charge in [-0.25, -0.2) is 4.98 Å². The second-order valence-electron chi connectivity index (χ2n) is 6.02. The lowest BCUT2D eigenvalue weighted by molar-refractivity contribution is 0.0376. The number of hydrogen-bond donors (Lipinski definition) is 2. The van der Waals surface area contributed by atoms with Crippen LogP contribution in [0.4, 0.5) is 5.69 Å². The molecule has 2 heterocycles. The van der Waals surface area contributed by atoms with Gasteiger partial charge >= 0.3 is 0 Å². The minimum atomic E-state index is 0.661. The van der Waals surface area contributed by atoms with Gasteiger partial charge in [-0.1, -0.05) is 12.1 Å². The van der Waals surface area contributed by atoms with Gasteiger partial charge in [-0.15, -0.1) is 11.3 Å². The fourth-order valence-electron chi connectivity index (χ4n) is 2.76. The maximum atomic E-state index is 5.40. The van der Waals surface area contributed by atoms with E-state index in [9.17, 15) is 0 Å². The Morgan fingerprint density at radius 3 is 2.96 bits per heavy atom. The molecule has 0 amide bonds. The average Bonchev–Trinajstić information content (AvgIpc) is 3.06. The first-order valence-electron chi connectivity index (χ1n) is 8.58. The van der Waals surface area contributed by atoms with Crippen molar-refractivity contribution in [2.24, 2.45) is 0 Å². The molecule has 2 N–H and O–H groups in total. The van der Waals surface area contributed by atoms with Gasteiger partial charge in [0.2, 0.25) is 0 Å². The Morgan fingerprint density at radius 2 is 2.20 bits per heavy atom. The number of aromatic nitrogens is 1. The molecule has 1 aliphatic heterocycles. The summed E-state index contributed by atoms with van der Waals surface area (Å²) in [7, 11) is 0. The third-order valence-electron chi connectivity index (χ3n) is 4.08. The van der Waals surface area contributed by atoms with Crippen LogP contribution < -0.4 is 10.6 Å². The molecule has 0 radical (unpaired) electrons. The highest BCUT2D eigenvalue weighted by molar-refractivity contribution is 7.80. The number of hydrogen-bond acceptors (Lipinski definition) is 5. The lowest BCUT2D eigenvalue weighted by atomic mass is 10.1. The van der Waals surface area contributed by atoms with Crippen molar-refractivity contribution in [3.63, 3.8) is 0 Å². The Kier molecular flexibility index (Phi) is 6.75. The highest BCUT2D eigenvalue weighted by Crippen LogP contribution is 2.24. The van der Waals surface area contributed by atoms with Crippen LogP contribution >= 0.6 is 23.6 Å². The molecule has 1 aromatic carbocycles. The number of nitrogens with one attached hydrogen (secondary N) is 2. The number of anilines is 1. The van der Waals surface area contributed by atoms with E-state index < -0.39 is 0 Å². The van der Waals surface area contributed by atoms with Crippen molar-refractivity contribution in [2.45, 2.75) is 13.3 Å². The van der Waals surface area contributed by atoms with Crippen molar-refractivity contribution in [3.8, 4) is 11.3 Å². The van der Waals surface area contributed by atoms with Crippen molar-refractivity contribution in [2.75, 3.05) is 44.7 Å². The third-order valence-corrected chi connectivity index (χ3v) is 5.10. The Balaban J connectivity index is 1.43. The van der Waals surface area contributed by atoms with Crippen LogP contribution in [0.3, 0.4) is 0 Å². The zero-order valence-electron chi connectivity index (χ0n) is 14.5. The molecule has 0 atom stereocenters. The van der Waals surface area contributed by atoms with Crippen LogP contribution in [-0.2, 0) is 4.74 Å². The maximum absolute atomic E-state index is 5.40. The molecule has 134 valence electrons. The average molecular weight is 377 g/mol. The zero-order chi connectivity index (χ0) is 17.5. The van der Waals surface area contributed by atoms with Crippen LogP contribution in [0.2, 0.25) is 0 Å². The molecular weight excluding hydrogens is 352 g/mol. The number of aryl methyl sites for hydroxylation is 1. The number of ether oxygens (including phenoxy) is 1. The van der Waals surface area contributed by atoms with E-state index in [2.05, 4.69) is 38.0 Å². The van der Waals surface area contributed by atoms with Gasteiger partial charge in [0.15, 0.2) is 5.11 Å². The molecule has 1 aromatic heterocycles. The number of morpholine rings is 1. The highest BCUT2D eigenvalue weighted by Gasteiger charge is 2.09. The minimum Gasteiger partial charge on any atom is -0.379 e. The monoisotopic (exact) mass is 376 g/mol. The fraction of sp³-hybridized carbons (Fsp3) is 0.444. The van der Waals surface area contributed by atoms with Gasteiger partial charge in [0.25, 0.3) is 0 Å². The third kappa shape index (κ3) is 5.74. The Bertz CT molecular complexity index is 698. The van der Waals surface area contributed by atoms with Crippen molar-refractivity contribution >= 4 is 34.4 Å². The number of thiazole rings is 1. The molecule has 7 heteroatoms. The molecule has 3 rings (SSSR count).